The van der Waals surface area contributed by atoms with Crippen LogP contribution in [0.3, 0.4) is 0 Å². The van der Waals surface area contributed by atoms with Crippen LogP contribution in [0.5, 0.6) is 0 Å². The average molecular weight is 273 g/mol. The van der Waals surface area contributed by atoms with Crippen molar-refractivity contribution in [1.29, 1.82) is 0 Å². The SMILES string of the molecule is CC(C)C1CCCN1C(=O)c1cccc2c1NCCN2. The predicted octanol–water partition coefficient (Wildman–Crippen LogP) is 2.78. The molecule has 1 unspecified atom stereocenters. The molecule has 3 rings (SSSR count). The number of carbonyl (C=O) groups is 1. The van der Waals surface area contributed by atoms with Gasteiger partial charge in [-0.05, 0) is 30.9 Å². The number of likely N-dealkylation sites (tertiary alicyclic amines) is 1. The second kappa shape index (κ2) is 5.35. The fourth-order valence-electron chi connectivity index (χ4n) is 3.35. The van der Waals surface area contributed by atoms with Crippen molar-refractivity contribution in [2.45, 2.75) is 32.7 Å². The Labute approximate surface area is 120 Å². The predicted molar refractivity (Wildman–Crippen MR) is 82.3 cm³/mol. The number of hydrogen-bond acceptors (Lipinski definition) is 3. The monoisotopic (exact) mass is 273 g/mol. The number of nitrogens with zero attached hydrogens (tertiary/aromatic N) is 1. The summed E-state index contributed by atoms with van der Waals surface area (Å²) in [5.41, 5.74) is 2.82. The van der Waals surface area contributed by atoms with E-state index in [4.69, 9.17) is 0 Å². The van der Waals surface area contributed by atoms with Gasteiger partial charge in [0.15, 0.2) is 0 Å². The zero-order valence-electron chi connectivity index (χ0n) is 12.3. The molecule has 1 aromatic rings. The minimum absolute atomic E-state index is 0.175. The number of para-hydroxylation sites is 1. The van der Waals surface area contributed by atoms with Crippen LogP contribution in [0.15, 0.2) is 18.2 Å². The van der Waals surface area contributed by atoms with Gasteiger partial charge in [-0.1, -0.05) is 19.9 Å². The highest BCUT2D eigenvalue weighted by Crippen LogP contribution is 2.32. The van der Waals surface area contributed by atoms with Gasteiger partial charge in [0.2, 0.25) is 0 Å². The largest absolute Gasteiger partial charge is 0.382 e. The molecular formula is C16H23N3O. The third-order valence-electron chi connectivity index (χ3n) is 4.37. The van der Waals surface area contributed by atoms with Gasteiger partial charge < -0.3 is 15.5 Å². The maximum absolute atomic E-state index is 12.9. The summed E-state index contributed by atoms with van der Waals surface area (Å²) in [5, 5.41) is 6.72. The van der Waals surface area contributed by atoms with E-state index in [-0.39, 0.29) is 5.91 Å². The van der Waals surface area contributed by atoms with Crippen LogP contribution >= 0.6 is 0 Å². The van der Waals surface area contributed by atoms with Crippen molar-refractivity contribution in [3.8, 4) is 0 Å². The third-order valence-corrected chi connectivity index (χ3v) is 4.37. The van der Waals surface area contributed by atoms with E-state index in [2.05, 4.69) is 29.4 Å². The fourth-order valence-corrected chi connectivity index (χ4v) is 3.35. The van der Waals surface area contributed by atoms with Crippen LogP contribution in [-0.2, 0) is 0 Å². The number of rotatable bonds is 2. The molecule has 2 N–H and O–H groups in total. The highest BCUT2D eigenvalue weighted by atomic mass is 16.2. The molecule has 4 heteroatoms. The first-order valence-electron chi connectivity index (χ1n) is 7.60. The van der Waals surface area contributed by atoms with Crippen LogP contribution in [0, 0.1) is 5.92 Å². The summed E-state index contributed by atoms with van der Waals surface area (Å²) in [6, 6.07) is 6.32. The van der Waals surface area contributed by atoms with Crippen molar-refractivity contribution >= 4 is 17.3 Å². The van der Waals surface area contributed by atoms with Crippen LogP contribution in [0.1, 0.15) is 37.0 Å². The van der Waals surface area contributed by atoms with Gasteiger partial charge in [0.25, 0.3) is 5.91 Å². The molecule has 0 saturated carbocycles. The number of fused-ring (bicyclic) bond motifs is 1. The number of anilines is 2. The van der Waals surface area contributed by atoms with Crippen molar-refractivity contribution in [3.05, 3.63) is 23.8 Å². The van der Waals surface area contributed by atoms with Gasteiger partial charge in [-0.25, -0.2) is 0 Å². The molecule has 2 aliphatic rings. The van der Waals surface area contributed by atoms with Crippen LogP contribution < -0.4 is 10.6 Å². The Morgan fingerprint density at radius 1 is 1.30 bits per heavy atom. The van der Waals surface area contributed by atoms with E-state index < -0.39 is 0 Å². The lowest BCUT2D eigenvalue weighted by Gasteiger charge is -2.30. The van der Waals surface area contributed by atoms with Crippen molar-refractivity contribution < 1.29 is 4.79 Å². The number of nitrogens with one attached hydrogen (secondary N) is 2. The maximum Gasteiger partial charge on any atom is 0.256 e. The molecule has 1 amide bonds. The lowest BCUT2D eigenvalue weighted by atomic mass is 10.0. The molecule has 2 aliphatic heterocycles. The Bertz CT molecular complexity index is 512. The first-order chi connectivity index (χ1) is 9.68. The molecule has 1 atom stereocenters. The van der Waals surface area contributed by atoms with E-state index in [9.17, 15) is 4.79 Å². The number of hydrogen-bond donors (Lipinski definition) is 2. The van der Waals surface area contributed by atoms with Gasteiger partial charge >= 0.3 is 0 Å². The van der Waals surface area contributed by atoms with Gasteiger partial charge in [0.1, 0.15) is 0 Å². The molecule has 0 radical (unpaired) electrons. The minimum atomic E-state index is 0.175. The molecule has 1 saturated heterocycles. The van der Waals surface area contributed by atoms with Crippen molar-refractivity contribution in [2.75, 3.05) is 30.3 Å². The van der Waals surface area contributed by atoms with Gasteiger partial charge in [-0.3, -0.25) is 4.79 Å². The standard InChI is InChI=1S/C16H23N3O/c1-11(2)14-7-4-10-19(14)16(20)12-5-3-6-13-15(12)18-9-8-17-13/h3,5-6,11,14,17-18H,4,7-10H2,1-2H3. The molecule has 0 aliphatic carbocycles. The number of benzene rings is 1. The molecule has 4 nitrogen and oxygen atoms in total. The molecule has 1 fully saturated rings. The summed E-state index contributed by atoms with van der Waals surface area (Å²) in [6.45, 7) is 7.07. The Hall–Kier alpha value is -1.71. The third kappa shape index (κ3) is 2.23. The quantitative estimate of drug-likeness (QED) is 0.871. The molecular weight excluding hydrogens is 250 g/mol. The van der Waals surface area contributed by atoms with Crippen molar-refractivity contribution in [3.63, 3.8) is 0 Å². The number of amides is 1. The highest BCUT2D eigenvalue weighted by molar-refractivity contribution is 6.03. The second-order valence-electron chi connectivity index (χ2n) is 6.03. The molecule has 0 aromatic heterocycles. The Kier molecular flexibility index (Phi) is 3.55. The van der Waals surface area contributed by atoms with E-state index in [0.717, 1.165) is 49.4 Å². The first kappa shape index (κ1) is 13.3. The van der Waals surface area contributed by atoms with Crippen molar-refractivity contribution in [2.24, 2.45) is 5.92 Å². The summed E-state index contributed by atoms with van der Waals surface area (Å²) in [6.07, 6.45) is 2.25. The van der Waals surface area contributed by atoms with E-state index in [0.29, 0.717) is 12.0 Å². The molecule has 0 bridgehead atoms. The Morgan fingerprint density at radius 2 is 2.10 bits per heavy atom. The summed E-state index contributed by atoms with van der Waals surface area (Å²) in [7, 11) is 0. The van der Waals surface area contributed by atoms with Gasteiger partial charge in [0.05, 0.1) is 16.9 Å². The fraction of sp³-hybridized carbons (Fsp3) is 0.562. The molecule has 108 valence electrons. The van der Waals surface area contributed by atoms with E-state index in [1.54, 1.807) is 0 Å². The molecule has 1 aromatic carbocycles. The van der Waals surface area contributed by atoms with E-state index in [1.165, 1.54) is 0 Å². The van der Waals surface area contributed by atoms with Crippen LogP contribution in [0.25, 0.3) is 0 Å². The summed E-state index contributed by atoms with van der Waals surface area (Å²) in [5.74, 6) is 0.696. The number of carbonyl (C=O) groups excluding carboxylic acids is 1. The minimum Gasteiger partial charge on any atom is -0.382 e. The zero-order chi connectivity index (χ0) is 14.1. The van der Waals surface area contributed by atoms with Gasteiger partial charge in [-0.15, -0.1) is 0 Å². The normalized spacial score (nSPS) is 21.4. The van der Waals surface area contributed by atoms with Gasteiger partial charge in [-0.2, -0.15) is 0 Å². The van der Waals surface area contributed by atoms with E-state index >= 15 is 0 Å². The van der Waals surface area contributed by atoms with Crippen LogP contribution in [-0.4, -0.2) is 36.5 Å². The zero-order valence-corrected chi connectivity index (χ0v) is 12.3. The smallest absolute Gasteiger partial charge is 0.256 e. The summed E-state index contributed by atoms with van der Waals surface area (Å²) in [4.78, 5) is 15.0. The Morgan fingerprint density at radius 3 is 2.90 bits per heavy atom. The topological polar surface area (TPSA) is 44.4 Å². The van der Waals surface area contributed by atoms with Crippen LogP contribution in [0.2, 0.25) is 0 Å². The second-order valence-corrected chi connectivity index (χ2v) is 6.03. The van der Waals surface area contributed by atoms with E-state index in [1.807, 2.05) is 18.2 Å². The molecule has 20 heavy (non-hydrogen) atoms. The average Bonchev–Trinajstić information content (AvgIpc) is 2.95. The molecule has 0 spiro atoms. The highest BCUT2D eigenvalue weighted by Gasteiger charge is 2.32. The lowest BCUT2D eigenvalue weighted by molar-refractivity contribution is 0.0702. The maximum atomic E-state index is 12.9. The first-order valence-corrected chi connectivity index (χ1v) is 7.60. The molecule has 2 heterocycles. The van der Waals surface area contributed by atoms with Gasteiger partial charge in [0, 0.05) is 25.7 Å². The summed E-state index contributed by atoms with van der Waals surface area (Å²) < 4.78 is 0. The summed E-state index contributed by atoms with van der Waals surface area (Å²) >= 11 is 0. The van der Waals surface area contributed by atoms with Crippen molar-refractivity contribution in [1.82, 2.24) is 4.90 Å². The lowest BCUT2D eigenvalue weighted by Crippen LogP contribution is -2.39. The Balaban J connectivity index is 1.91. The van der Waals surface area contributed by atoms with Crippen LogP contribution in [0.4, 0.5) is 11.4 Å².